The molecule has 0 fully saturated rings. The summed E-state index contributed by atoms with van der Waals surface area (Å²) in [6, 6.07) is 5.85. The van der Waals surface area contributed by atoms with Gasteiger partial charge in [-0.3, -0.25) is 0 Å². The van der Waals surface area contributed by atoms with Crippen LogP contribution in [-0.4, -0.2) is 26.2 Å². The van der Waals surface area contributed by atoms with Crippen molar-refractivity contribution in [2.45, 2.75) is 0 Å². The third-order valence-corrected chi connectivity index (χ3v) is 2.43. The fourth-order valence-electron chi connectivity index (χ4n) is 1.30. The van der Waals surface area contributed by atoms with Crippen molar-refractivity contribution in [3.8, 4) is 17.0 Å². The smallest absolute Gasteiger partial charge is 0.354 e. The zero-order valence-corrected chi connectivity index (χ0v) is 9.22. The molecule has 1 aromatic carbocycles. The molecule has 2 rings (SSSR count). The second-order valence-electron chi connectivity index (χ2n) is 3.26. The lowest BCUT2D eigenvalue weighted by Crippen LogP contribution is -2.01. The number of carbonyl (C=O) groups is 1. The predicted molar refractivity (Wildman–Crippen MR) is 61.1 cm³/mol. The number of carboxylic acid groups (broad SMARTS) is 1. The topological polar surface area (TPSA) is 83.3 Å². The molecule has 0 aliphatic heterocycles. The molecule has 0 aliphatic carbocycles. The molecule has 0 bridgehead atoms. The van der Waals surface area contributed by atoms with Crippen molar-refractivity contribution in [1.82, 2.24) is 9.97 Å². The first-order chi connectivity index (χ1) is 8.08. The van der Waals surface area contributed by atoms with Crippen molar-refractivity contribution in [3.05, 3.63) is 41.3 Å². The van der Waals surface area contributed by atoms with E-state index in [1.165, 1.54) is 24.5 Å². The first-order valence-corrected chi connectivity index (χ1v) is 5.00. The van der Waals surface area contributed by atoms with Gasteiger partial charge in [0.2, 0.25) is 0 Å². The molecule has 0 aliphatic rings. The summed E-state index contributed by atoms with van der Waals surface area (Å²) in [5.41, 5.74) is 0.941. The van der Waals surface area contributed by atoms with E-state index in [4.69, 9.17) is 16.7 Å². The lowest BCUT2D eigenvalue weighted by atomic mass is 10.1. The number of benzene rings is 1. The molecule has 0 atom stereocenters. The van der Waals surface area contributed by atoms with Gasteiger partial charge in [-0.15, -0.1) is 0 Å². The number of hydrogen-bond donors (Lipinski definition) is 2. The van der Waals surface area contributed by atoms with Gasteiger partial charge in [-0.25, -0.2) is 14.8 Å². The Kier molecular flexibility index (Phi) is 2.93. The van der Waals surface area contributed by atoms with Crippen LogP contribution in [-0.2, 0) is 0 Å². The third-order valence-electron chi connectivity index (χ3n) is 2.13. The van der Waals surface area contributed by atoms with Crippen molar-refractivity contribution in [2.75, 3.05) is 0 Å². The molecule has 1 heterocycles. The van der Waals surface area contributed by atoms with Gasteiger partial charge in [0.05, 0.1) is 10.7 Å². The van der Waals surface area contributed by atoms with Gasteiger partial charge < -0.3 is 10.2 Å². The number of aromatic nitrogens is 2. The van der Waals surface area contributed by atoms with Gasteiger partial charge in [-0.1, -0.05) is 11.6 Å². The molecule has 2 N–H and O–H groups in total. The maximum Gasteiger partial charge on any atom is 0.354 e. The summed E-state index contributed by atoms with van der Waals surface area (Å²) >= 11 is 5.76. The summed E-state index contributed by atoms with van der Waals surface area (Å²) in [6.45, 7) is 0. The van der Waals surface area contributed by atoms with Crippen LogP contribution in [0.3, 0.4) is 0 Å². The number of phenols is 1. The Morgan fingerprint density at radius 2 is 2.00 bits per heavy atom. The van der Waals surface area contributed by atoms with E-state index in [1.54, 1.807) is 6.07 Å². The van der Waals surface area contributed by atoms with E-state index in [2.05, 4.69) is 9.97 Å². The maximum absolute atomic E-state index is 10.7. The molecule has 0 unspecified atom stereocenters. The van der Waals surface area contributed by atoms with E-state index in [9.17, 15) is 9.90 Å². The van der Waals surface area contributed by atoms with Gasteiger partial charge in [0.1, 0.15) is 12.1 Å². The molecule has 17 heavy (non-hydrogen) atoms. The summed E-state index contributed by atoms with van der Waals surface area (Å²) in [4.78, 5) is 18.3. The maximum atomic E-state index is 10.7. The van der Waals surface area contributed by atoms with Crippen molar-refractivity contribution in [2.24, 2.45) is 0 Å². The number of nitrogens with zero attached hydrogens (tertiary/aromatic N) is 2. The second-order valence-corrected chi connectivity index (χ2v) is 3.67. The monoisotopic (exact) mass is 250 g/mol. The van der Waals surface area contributed by atoms with Crippen LogP contribution in [0.4, 0.5) is 0 Å². The standard InChI is InChI=1S/C11H7ClN2O3/c12-7-3-6(1-2-10(7)15)8-4-9(11(16)17)14-5-13-8/h1-5,15H,(H,16,17). The summed E-state index contributed by atoms with van der Waals surface area (Å²) in [5, 5.41) is 18.3. The Balaban J connectivity index is 2.49. The van der Waals surface area contributed by atoms with E-state index < -0.39 is 5.97 Å². The van der Waals surface area contributed by atoms with Crippen LogP contribution in [0.25, 0.3) is 11.3 Å². The van der Waals surface area contributed by atoms with Gasteiger partial charge in [0, 0.05) is 5.56 Å². The zero-order valence-electron chi connectivity index (χ0n) is 8.46. The average Bonchev–Trinajstić information content (AvgIpc) is 2.33. The number of aromatic hydroxyl groups is 1. The summed E-state index contributed by atoms with van der Waals surface area (Å²) < 4.78 is 0. The fraction of sp³-hybridized carbons (Fsp3) is 0. The van der Waals surface area contributed by atoms with E-state index in [-0.39, 0.29) is 16.5 Å². The van der Waals surface area contributed by atoms with Gasteiger partial charge in [0.15, 0.2) is 5.69 Å². The normalized spacial score (nSPS) is 10.2. The van der Waals surface area contributed by atoms with Gasteiger partial charge in [0.25, 0.3) is 0 Å². The lowest BCUT2D eigenvalue weighted by molar-refractivity contribution is 0.0690. The van der Waals surface area contributed by atoms with Crippen LogP contribution in [0.1, 0.15) is 10.5 Å². The van der Waals surface area contributed by atoms with Crippen molar-refractivity contribution >= 4 is 17.6 Å². The van der Waals surface area contributed by atoms with Gasteiger partial charge in [-0.05, 0) is 24.3 Å². The largest absolute Gasteiger partial charge is 0.506 e. The average molecular weight is 251 g/mol. The quantitative estimate of drug-likeness (QED) is 0.854. The molecule has 1 aromatic heterocycles. The molecule has 0 saturated heterocycles. The highest BCUT2D eigenvalue weighted by molar-refractivity contribution is 6.32. The number of halogens is 1. The SMILES string of the molecule is O=C(O)c1cc(-c2ccc(O)c(Cl)c2)ncn1. The predicted octanol–water partition coefficient (Wildman–Crippen LogP) is 2.20. The summed E-state index contributed by atoms with van der Waals surface area (Å²) in [5.74, 6) is -1.17. The molecular formula is C11H7ClN2O3. The number of hydrogen-bond acceptors (Lipinski definition) is 4. The van der Waals surface area contributed by atoms with Crippen LogP contribution in [0.2, 0.25) is 5.02 Å². The Morgan fingerprint density at radius 1 is 1.24 bits per heavy atom. The molecular weight excluding hydrogens is 244 g/mol. The molecule has 0 amide bonds. The summed E-state index contributed by atoms with van der Waals surface area (Å²) in [6.07, 6.45) is 1.17. The first kappa shape index (κ1) is 11.3. The minimum absolute atomic E-state index is 0.0390. The van der Waals surface area contributed by atoms with Crippen molar-refractivity contribution in [3.63, 3.8) is 0 Å². The van der Waals surface area contributed by atoms with Crippen molar-refractivity contribution in [1.29, 1.82) is 0 Å². The molecule has 0 saturated carbocycles. The second kappa shape index (κ2) is 4.39. The highest BCUT2D eigenvalue weighted by Gasteiger charge is 2.08. The number of aromatic carboxylic acids is 1. The van der Waals surface area contributed by atoms with Crippen LogP contribution in [0, 0.1) is 0 Å². The molecule has 86 valence electrons. The minimum Gasteiger partial charge on any atom is -0.506 e. The summed E-state index contributed by atoms with van der Waals surface area (Å²) in [7, 11) is 0. The van der Waals surface area contributed by atoms with Crippen LogP contribution >= 0.6 is 11.6 Å². The van der Waals surface area contributed by atoms with Crippen molar-refractivity contribution < 1.29 is 15.0 Å². The van der Waals surface area contributed by atoms with Gasteiger partial charge in [-0.2, -0.15) is 0 Å². The number of phenolic OH excluding ortho intramolecular Hbond substituents is 1. The Bertz CT molecular complexity index is 587. The Labute approximate surface area is 101 Å². The Morgan fingerprint density at radius 3 is 2.65 bits per heavy atom. The van der Waals surface area contributed by atoms with Crippen LogP contribution in [0.15, 0.2) is 30.6 Å². The molecule has 6 heteroatoms. The van der Waals surface area contributed by atoms with E-state index in [1.807, 2.05) is 0 Å². The zero-order chi connectivity index (χ0) is 12.4. The number of rotatable bonds is 2. The molecule has 0 spiro atoms. The van der Waals surface area contributed by atoms with Gasteiger partial charge >= 0.3 is 5.97 Å². The highest BCUT2D eigenvalue weighted by atomic mass is 35.5. The minimum atomic E-state index is -1.13. The van der Waals surface area contributed by atoms with Crippen LogP contribution in [0.5, 0.6) is 5.75 Å². The van der Waals surface area contributed by atoms with E-state index >= 15 is 0 Å². The van der Waals surface area contributed by atoms with Crippen LogP contribution < -0.4 is 0 Å². The number of carboxylic acids is 1. The molecule has 0 radical (unpaired) electrons. The fourth-order valence-corrected chi connectivity index (χ4v) is 1.48. The highest BCUT2D eigenvalue weighted by Crippen LogP contribution is 2.28. The molecule has 2 aromatic rings. The van der Waals surface area contributed by atoms with E-state index in [0.29, 0.717) is 11.3 Å². The lowest BCUT2D eigenvalue weighted by Gasteiger charge is -2.03. The molecule has 5 nitrogen and oxygen atoms in total. The third kappa shape index (κ3) is 2.34. The van der Waals surface area contributed by atoms with E-state index in [0.717, 1.165) is 0 Å². The first-order valence-electron chi connectivity index (χ1n) is 4.62. The Hall–Kier alpha value is -2.14.